The van der Waals surface area contributed by atoms with Crippen molar-refractivity contribution in [2.75, 3.05) is 0 Å². The molecule has 0 aliphatic heterocycles. The van der Waals surface area contributed by atoms with Crippen molar-refractivity contribution in [3.63, 3.8) is 0 Å². The number of hydrogen-bond donors (Lipinski definition) is 1. The minimum Gasteiger partial charge on any atom is -0.475 e. The fourth-order valence-corrected chi connectivity index (χ4v) is 2.26. The van der Waals surface area contributed by atoms with E-state index < -0.39 is 17.3 Å². The van der Waals surface area contributed by atoms with Crippen LogP contribution in [0.15, 0.2) is 58.0 Å². The van der Waals surface area contributed by atoms with Gasteiger partial charge in [-0.3, -0.25) is 4.79 Å². The van der Waals surface area contributed by atoms with Gasteiger partial charge < -0.3 is 14.1 Å². The maximum atomic E-state index is 13.3. The van der Waals surface area contributed by atoms with Crippen LogP contribution >= 0.6 is 0 Å². The van der Waals surface area contributed by atoms with Gasteiger partial charge in [0, 0.05) is 12.6 Å². The largest absolute Gasteiger partial charge is 0.475 e. The van der Waals surface area contributed by atoms with Gasteiger partial charge in [-0.25, -0.2) is 14.2 Å². The molecule has 0 spiro atoms. The van der Waals surface area contributed by atoms with Crippen molar-refractivity contribution in [1.29, 1.82) is 0 Å². The lowest BCUT2D eigenvalue weighted by molar-refractivity contribution is 0.0660. The molecule has 0 aliphatic rings. The lowest BCUT2D eigenvalue weighted by Gasteiger charge is -2.06. The van der Waals surface area contributed by atoms with Crippen molar-refractivity contribution in [3.8, 4) is 0 Å². The summed E-state index contributed by atoms with van der Waals surface area (Å²) in [6.07, 6.45) is 3.05. The second-order valence-electron chi connectivity index (χ2n) is 5.21. The number of halogens is 1. The molecule has 0 saturated carbocycles. The number of hydrogen-bond acceptors (Lipinski definition) is 4. The Kier molecular flexibility index (Phi) is 4.24. The molecule has 3 rings (SSSR count). The van der Waals surface area contributed by atoms with Gasteiger partial charge in [-0.05, 0) is 23.3 Å². The van der Waals surface area contributed by atoms with Gasteiger partial charge in [-0.1, -0.05) is 24.3 Å². The van der Waals surface area contributed by atoms with Gasteiger partial charge in [0.25, 0.3) is 5.56 Å². The Morgan fingerprint density at radius 3 is 2.58 bits per heavy atom. The number of aromatic nitrogens is 2. The summed E-state index contributed by atoms with van der Waals surface area (Å²) in [6.45, 7) is 0.263. The molecule has 0 radical (unpaired) electrons. The van der Waals surface area contributed by atoms with E-state index in [1.807, 2.05) is 24.3 Å². The summed E-state index contributed by atoms with van der Waals surface area (Å²) in [4.78, 5) is 26.3. The molecule has 0 fully saturated rings. The highest BCUT2D eigenvalue weighted by Gasteiger charge is 2.11. The van der Waals surface area contributed by atoms with Crippen LogP contribution in [0.5, 0.6) is 0 Å². The fraction of sp³-hybridized carbons (Fsp3) is 0.118. The van der Waals surface area contributed by atoms with Gasteiger partial charge in [0.1, 0.15) is 0 Å². The van der Waals surface area contributed by atoms with Gasteiger partial charge >= 0.3 is 5.97 Å². The zero-order valence-electron chi connectivity index (χ0n) is 12.5. The minimum atomic E-state index is -1.16. The van der Waals surface area contributed by atoms with Crippen LogP contribution in [0.25, 0.3) is 0 Å². The number of nitrogens with zero attached hydrogens (tertiary/aromatic N) is 2. The predicted molar refractivity (Wildman–Crippen MR) is 82.5 cm³/mol. The zero-order chi connectivity index (χ0) is 17.1. The van der Waals surface area contributed by atoms with Crippen LogP contribution in [0.1, 0.15) is 27.6 Å². The Hall–Kier alpha value is -3.22. The highest BCUT2D eigenvalue weighted by molar-refractivity contribution is 5.83. The number of rotatable bonds is 5. The summed E-state index contributed by atoms with van der Waals surface area (Å²) in [5, 5.41) is 8.79. The van der Waals surface area contributed by atoms with E-state index in [-0.39, 0.29) is 12.3 Å². The van der Waals surface area contributed by atoms with E-state index in [9.17, 15) is 14.0 Å². The molecule has 2 aromatic heterocycles. The molecule has 0 saturated heterocycles. The number of pyridine rings is 1. The summed E-state index contributed by atoms with van der Waals surface area (Å²) in [6, 6.07) is 9.88. The summed E-state index contributed by atoms with van der Waals surface area (Å²) in [7, 11) is 0. The average Bonchev–Trinajstić information content (AvgIpc) is 3.02. The Morgan fingerprint density at radius 1 is 1.21 bits per heavy atom. The lowest BCUT2D eigenvalue weighted by atomic mass is 10.1. The maximum absolute atomic E-state index is 13.3. The Morgan fingerprint density at radius 2 is 1.92 bits per heavy atom. The van der Waals surface area contributed by atoms with E-state index in [0.717, 1.165) is 17.2 Å². The third-order valence-corrected chi connectivity index (χ3v) is 3.47. The number of carboxylic acids is 1. The van der Waals surface area contributed by atoms with Gasteiger partial charge in [0.15, 0.2) is 11.7 Å². The zero-order valence-corrected chi connectivity index (χ0v) is 12.5. The van der Waals surface area contributed by atoms with Crippen molar-refractivity contribution >= 4 is 5.97 Å². The predicted octanol–water partition coefficient (Wildman–Crippen LogP) is 2.31. The van der Waals surface area contributed by atoms with E-state index in [4.69, 9.17) is 9.52 Å². The van der Waals surface area contributed by atoms with E-state index >= 15 is 0 Å². The second-order valence-corrected chi connectivity index (χ2v) is 5.21. The van der Waals surface area contributed by atoms with Crippen LogP contribution in [0.4, 0.5) is 4.39 Å². The second kappa shape index (κ2) is 6.49. The van der Waals surface area contributed by atoms with Crippen molar-refractivity contribution in [2.24, 2.45) is 0 Å². The summed E-state index contributed by atoms with van der Waals surface area (Å²) in [5.74, 6) is -1.84. The molecule has 6 nitrogen and oxygen atoms in total. The van der Waals surface area contributed by atoms with Crippen LogP contribution in [0, 0.1) is 5.82 Å². The van der Waals surface area contributed by atoms with E-state index in [2.05, 4.69) is 4.98 Å². The van der Waals surface area contributed by atoms with Crippen molar-refractivity contribution in [2.45, 2.75) is 13.0 Å². The average molecular weight is 328 g/mol. The Bertz CT molecular complexity index is 928. The maximum Gasteiger partial charge on any atom is 0.373 e. The quantitative estimate of drug-likeness (QED) is 0.777. The standard InChI is InChI=1S/C17H13FN2O4/c18-13-2-1-7-20(16(13)21)10-12-5-3-11(4-6-12)8-15-19-9-14(24-15)17(22)23/h1-7,9H,8,10H2,(H,22,23). The van der Waals surface area contributed by atoms with Crippen LogP contribution in [0.3, 0.4) is 0 Å². The molecule has 0 atom stereocenters. The van der Waals surface area contributed by atoms with Gasteiger partial charge in [0.2, 0.25) is 5.76 Å². The highest BCUT2D eigenvalue weighted by Crippen LogP contribution is 2.12. The minimum absolute atomic E-state index is 0.202. The Labute approximate surface area is 135 Å². The van der Waals surface area contributed by atoms with Gasteiger partial charge in [-0.15, -0.1) is 0 Å². The normalized spacial score (nSPS) is 10.7. The number of oxazole rings is 1. The molecule has 1 aromatic carbocycles. The monoisotopic (exact) mass is 328 g/mol. The molecule has 2 heterocycles. The number of carbonyl (C=O) groups is 1. The molecule has 1 N–H and O–H groups in total. The molecule has 0 amide bonds. The van der Waals surface area contributed by atoms with Gasteiger partial charge in [0.05, 0.1) is 12.7 Å². The van der Waals surface area contributed by atoms with Crippen LogP contribution < -0.4 is 5.56 Å². The molecule has 0 unspecified atom stereocenters. The van der Waals surface area contributed by atoms with Crippen molar-refractivity contribution in [3.05, 3.63) is 87.7 Å². The molecule has 0 bridgehead atoms. The van der Waals surface area contributed by atoms with Crippen LogP contribution in [-0.4, -0.2) is 20.6 Å². The summed E-state index contributed by atoms with van der Waals surface area (Å²) in [5.41, 5.74) is 1.05. The molecular formula is C17H13FN2O4. The molecule has 122 valence electrons. The first-order valence-corrected chi connectivity index (χ1v) is 7.13. The first kappa shape index (κ1) is 15.7. The molecule has 7 heteroatoms. The lowest BCUT2D eigenvalue weighted by Crippen LogP contribution is -2.22. The third-order valence-electron chi connectivity index (χ3n) is 3.47. The summed E-state index contributed by atoms with van der Waals surface area (Å²) < 4.78 is 19.6. The molecule has 3 aromatic rings. The Balaban J connectivity index is 1.72. The number of benzene rings is 1. The van der Waals surface area contributed by atoms with E-state index in [0.29, 0.717) is 12.3 Å². The van der Waals surface area contributed by atoms with Crippen molar-refractivity contribution < 1.29 is 18.7 Å². The summed E-state index contributed by atoms with van der Waals surface area (Å²) >= 11 is 0. The number of carboxylic acid groups (broad SMARTS) is 1. The molecule has 24 heavy (non-hydrogen) atoms. The third kappa shape index (κ3) is 3.40. The van der Waals surface area contributed by atoms with E-state index in [1.54, 1.807) is 0 Å². The molecular weight excluding hydrogens is 315 g/mol. The smallest absolute Gasteiger partial charge is 0.373 e. The first-order chi connectivity index (χ1) is 11.5. The first-order valence-electron chi connectivity index (χ1n) is 7.13. The fourth-order valence-electron chi connectivity index (χ4n) is 2.26. The number of aromatic carboxylic acids is 1. The van der Waals surface area contributed by atoms with E-state index in [1.165, 1.54) is 23.0 Å². The molecule has 0 aliphatic carbocycles. The van der Waals surface area contributed by atoms with Crippen molar-refractivity contribution in [1.82, 2.24) is 9.55 Å². The highest BCUT2D eigenvalue weighted by atomic mass is 19.1. The van der Waals surface area contributed by atoms with Crippen LogP contribution in [-0.2, 0) is 13.0 Å². The SMILES string of the molecule is O=C(O)c1cnc(Cc2ccc(Cn3cccc(F)c3=O)cc2)o1. The topological polar surface area (TPSA) is 85.3 Å². The van der Waals surface area contributed by atoms with Crippen LogP contribution in [0.2, 0.25) is 0 Å². The van der Waals surface area contributed by atoms with Gasteiger partial charge in [-0.2, -0.15) is 0 Å².